The molecule has 19 heavy (non-hydrogen) atoms. The molecule has 0 fully saturated rings. The van der Waals surface area contributed by atoms with E-state index in [9.17, 15) is 13.2 Å². The number of nitrogens with zero attached hydrogens (tertiary/aromatic N) is 2. The summed E-state index contributed by atoms with van der Waals surface area (Å²) in [6, 6.07) is 0. The topological polar surface area (TPSA) is 79.4 Å². The van der Waals surface area contributed by atoms with E-state index in [4.69, 9.17) is 0 Å². The summed E-state index contributed by atoms with van der Waals surface area (Å²) < 4.78 is 25.9. The van der Waals surface area contributed by atoms with Gasteiger partial charge in [0.1, 0.15) is 4.88 Å². The molecule has 1 aromatic rings. The van der Waals surface area contributed by atoms with Gasteiger partial charge in [0.15, 0.2) is 5.13 Å². The largest absolute Gasteiger partial charge is 0.344 e. The van der Waals surface area contributed by atoms with Gasteiger partial charge in [-0.1, -0.05) is 24.7 Å². The molecule has 1 rings (SSSR count). The van der Waals surface area contributed by atoms with Crippen LogP contribution in [0.15, 0.2) is 0 Å². The van der Waals surface area contributed by atoms with Crippen LogP contribution in [0.5, 0.6) is 0 Å². The van der Waals surface area contributed by atoms with E-state index in [1.807, 2.05) is 6.92 Å². The minimum atomic E-state index is -3.37. The first-order valence-corrected chi connectivity index (χ1v) is 8.43. The Morgan fingerprint density at radius 3 is 2.58 bits per heavy atom. The maximum atomic E-state index is 11.8. The van der Waals surface area contributed by atoms with Crippen molar-refractivity contribution in [1.82, 2.24) is 9.88 Å². The van der Waals surface area contributed by atoms with Gasteiger partial charge in [-0.2, -0.15) is 0 Å². The molecule has 0 spiro atoms. The average molecular weight is 305 g/mol. The summed E-state index contributed by atoms with van der Waals surface area (Å²) in [5.74, 6) is -0.104. The van der Waals surface area contributed by atoms with Gasteiger partial charge in [0.2, 0.25) is 10.0 Å². The molecule has 8 heteroatoms. The summed E-state index contributed by atoms with van der Waals surface area (Å²) in [6.45, 7) is 3.62. The van der Waals surface area contributed by atoms with E-state index in [1.54, 1.807) is 21.0 Å². The molecule has 0 aliphatic rings. The van der Waals surface area contributed by atoms with Gasteiger partial charge >= 0.3 is 0 Å². The zero-order valence-corrected chi connectivity index (χ0v) is 13.2. The van der Waals surface area contributed by atoms with Crippen LogP contribution in [0.2, 0.25) is 0 Å². The first-order chi connectivity index (χ1) is 8.76. The fraction of sp³-hybridized carbons (Fsp3) is 0.636. The Morgan fingerprint density at radius 2 is 2.05 bits per heavy atom. The molecule has 0 aromatic carbocycles. The highest BCUT2D eigenvalue weighted by Crippen LogP contribution is 2.24. The van der Waals surface area contributed by atoms with E-state index < -0.39 is 10.0 Å². The molecular formula is C11H19N3O3S2. The quantitative estimate of drug-likeness (QED) is 0.867. The molecule has 6 nitrogen and oxygen atoms in total. The normalized spacial score (nSPS) is 11.4. The number of rotatable bonds is 6. The van der Waals surface area contributed by atoms with Crippen LogP contribution in [-0.2, 0) is 10.0 Å². The molecule has 0 saturated carbocycles. The van der Waals surface area contributed by atoms with Crippen LogP contribution in [0.1, 0.15) is 35.1 Å². The lowest BCUT2D eigenvalue weighted by atomic mass is 10.3. The first-order valence-electron chi connectivity index (χ1n) is 5.96. The average Bonchev–Trinajstić information content (AvgIpc) is 2.65. The number of hydrogen-bond acceptors (Lipinski definition) is 5. The molecule has 108 valence electrons. The predicted octanol–water partition coefficient (Wildman–Crippen LogP) is 1.70. The van der Waals surface area contributed by atoms with Gasteiger partial charge < -0.3 is 4.90 Å². The lowest BCUT2D eigenvalue weighted by Crippen LogP contribution is -2.21. The second kappa shape index (κ2) is 6.33. The van der Waals surface area contributed by atoms with Crippen LogP contribution in [0, 0.1) is 6.92 Å². The van der Waals surface area contributed by atoms with E-state index in [1.165, 1.54) is 4.90 Å². The molecule has 0 radical (unpaired) electrons. The zero-order valence-electron chi connectivity index (χ0n) is 11.6. The molecule has 0 saturated heterocycles. The van der Waals surface area contributed by atoms with Gasteiger partial charge in [-0.05, 0) is 13.3 Å². The van der Waals surface area contributed by atoms with Gasteiger partial charge in [0.05, 0.1) is 11.4 Å². The molecule has 0 aliphatic heterocycles. The summed E-state index contributed by atoms with van der Waals surface area (Å²) in [5, 5.41) is 0.249. The van der Waals surface area contributed by atoms with Crippen LogP contribution in [0.3, 0.4) is 0 Å². The Hall–Kier alpha value is -1.15. The summed E-state index contributed by atoms with van der Waals surface area (Å²) >= 11 is 1.06. The van der Waals surface area contributed by atoms with Crippen molar-refractivity contribution in [2.75, 3.05) is 24.6 Å². The Labute approximate surface area is 117 Å². The summed E-state index contributed by atoms with van der Waals surface area (Å²) in [4.78, 5) is 17.8. The number of hydrogen-bond donors (Lipinski definition) is 1. The predicted molar refractivity (Wildman–Crippen MR) is 77.2 cm³/mol. The number of unbranched alkanes of at least 4 members (excludes halogenated alkanes) is 1. The number of sulfonamides is 1. The third-order valence-electron chi connectivity index (χ3n) is 2.41. The molecule has 1 heterocycles. The molecule has 1 N–H and O–H groups in total. The number of nitrogens with one attached hydrogen (secondary N) is 1. The van der Waals surface area contributed by atoms with E-state index in [2.05, 4.69) is 9.71 Å². The fourth-order valence-corrected chi connectivity index (χ4v) is 3.83. The van der Waals surface area contributed by atoms with Crippen molar-refractivity contribution in [3.05, 3.63) is 10.6 Å². The monoisotopic (exact) mass is 305 g/mol. The van der Waals surface area contributed by atoms with Crippen molar-refractivity contribution < 1.29 is 13.2 Å². The maximum absolute atomic E-state index is 11.8. The van der Waals surface area contributed by atoms with Crippen LogP contribution in [-0.4, -0.2) is 44.1 Å². The molecule has 1 amide bonds. The molecule has 0 aliphatic carbocycles. The molecule has 0 bridgehead atoms. The van der Waals surface area contributed by atoms with Crippen molar-refractivity contribution in [2.45, 2.75) is 26.7 Å². The van der Waals surface area contributed by atoms with Crippen LogP contribution < -0.4 is 4.72 Å². The highest BCUT2D eigenvalue weighted by Gasteiger charge is 2.19. The number of carbonyl (C=O) groups excluding carboxylic acids is 1. The Kier molecular flexibility index (Phi) is 5.30. The number of aryl methyl sites for hydroxylation is 1. The lowest BCUT2D eigenvalue weighted by molar-refractivity contribution is 0.0831. The van der Waals surface area contributed by atoms with Crippen molar-refractivity contribution in [1.29, 1.82) is 0 Å². The number of thiazole rings is 1. The van der Waals surface area contributed by atoms with Crippen LogP contribution in [0.25, 0.3) is 0 Å². The smallest absolute Gasteiger partial charge is 0.265 e. The number of carbonyl (C=O) groups is 1. The van der Waals surface area contributed by atoms with Crippen molar-refractivity contribution in [3.8, 4) is 0 Å². The van der Waals surface area contributed by atoms with E-state index in [0.29, 0.717) is 17.0 Å². The number of aromatic nitrogens is 1. The van der Waals surface area contributed by atoms with E-state index in [0.717, 1.165) is 17.8 Å². The molecule has 1 aromatic heterocycles. The van der Waals surface area contributed by atoms with Crippen molar-refractivity contribution in [3.63, 3.8) is 0 Å². The minimum absolute atomic E-state index is 0.0685. The Balaban J connectivity index is 2.88. The van der Waals surface area contributed by atoms with Crippen molar-refractivity contribution >= 4 is 32.4 Å². The Morgan fingerprint density at radius 1 is 1.42 bits per heavy atom. The molecule has 0 atom stereocenters. The maximum Gasteiger partial charge on any atom is 0.265 e. The summed E-state index contributed by atoms with van der Waals surface area (Å²) in [7, 11) is -0.0823. The fourth-order valence-electron chi connectivity index (χ4n) is 1.36. The van der Waals surface area contributed by atoms with E-state index in [-0.39, 0.29) is 16.8 Å². The third-order valence-corrected chi connectivity index (χ3v) is 4.93. The second-order valence-electron chi connectivity index (χ2n) is 4.41. The Bertz CT molecular complexity index is 550. The zero-order chi connectivity index (χ0) is 14.6. The first kappa shape index (κ1) is 15.9. The highest BCUT2D eigenvalue weighted by atomic mass is 32.2. The molecule has 0 unspecified atom stereocenters. The minimum Gasteiger partial charge on any atom is -0.344 e. The number of amides is 1. The van der Waals surface area contributed by atoms with Gasteiger partial charge in [-0.3, -0.25) is 9.52 Å². The standard InChI is InChI=1S/C11H19N3O3S2/c1-5-6-7-19(16,17)13-11-12-8(2)9(18-11)10(15)14(3)4/h5-7H2,1-4H3,(H,12,13). The van der Waals surface area contributed by atoms with Gasteiger partial charge in [0.25, 0.3) is 5.91 Å². The van der Waals surface area contributed by atoms with Gasteiger partial charge in [0, 0.05) is 14.1 Å². The van der Waals surface area contributed by atoms with Gasteiger partial charge in [-0.25, -0.2) is 13.4 Å². The van der Waals surface area contributed by atoms with E-state index >= 15 is 0 Å². The van der Waals surface area contributed by atoms with Crippen LogP contribution in [0.4, 0.5) is 5.13 Å². The number of anilines is 1. The SMILES string of the molecule is CCCCS(=O)(=O)Nc1nc(C)c(C(=O)N(C)C)s1. The van der Waals surface area contributed by atoms with Crippen molar-refractivity contribution in [2.24, 2.45) is 0 Å². The van der Waals surface area contributed by atoms with Gasteiger partial charge in [-0.15, -0.1) is 0 Å². The molecular weight excluding hydrogens is 286 g/mol. The third kappa shape index (κ3) is 4.46. The summed E-state index contributed by atoms with van der Waals surface area (Å²) in [5.41, 5.74) is 0.539. The second-order valence-corrected chi connectivity index (χ2v) is 7.25. The van der Waals surface area contributed by atoms with Crippen LogP contribution >= 0.6 is 11.3 Å². The highest BCUT2D eigenvalue weighted by molar-refractivity contribution is 7.92. The summed E-state index contributed by atoms with van der Waals surface area (Å²) in [6.07, 6.45) is 1.41. The lowest BCUT2D eigenvalue weighted by Gasteiger charge is -2.07.